The number of likely N-dealkylation sites (tertiary alicyclic amines) is 1. The van der Waals surface area contributed by atoms with Gasteiger partial charge in [0, 0.05) is 30.3 Å². The molecule has 0 radical (unpaired) electrons. The Morgan fingerprint density at radius 2 is 2.00 bits per heavy atom. The van der Waals surface area contributed by atoms with Crippen molar-refractivity contribution in [1.82, 2.24) is 9.88 Å². The highest BCUT2D eigenvalue weighted by Gasteiger charge is 2.55. The summed E-state index contributed by atoms with van der Waals surface area (Å²) >= 11 is 0. The molecule has 2 aliphatic rings. The second kappa shape index (κ2) is 7.00. The van der Waals surface area contributed by atoms with Crippen LogP contribution in [0.2, 0.25) is 0 Å². The van der Waals surface area contributed by atoms with Crippen molar-refractivity contribution in [3.05, 3.63) is 42.1 Å². The molecule has 1 aliphatic heterocycles. The van der Waals surface area contributed by atoms with E-state index in [4.69, 9.17) is 15.5 Å². The van der Waals surface area contributed by atoms with Crippen LogP contribution >= 0.6 is 0 Å². The quantitative estimate of drug-likeness (QED) is 0.869. The summed E-state index contributed by atoms with van der Waals surface area (Å²) in [4.78, 5) is 7.22. The smallest absolute Gasteiger partial charge is 0.0705 e. The van der Waals surface area contributed by atoms with Crippen molar-refractivity contribution in [2.45, 2.75) is 38.0 Å². The lowest BCUT2D eigenvalue weighted by molar-refractivity contribution is -0.210. The van der Waals surface area contributed by atoms with Gasteiger partial charge in [-0.2, -0.15) is 0 Å². The molecule has 0 unspecified atom stereocenters. The molecule has 1 aromatic carbocycles. The maximum absolute atomic E-state index is 10.3. The van der Waals surface area contributed by atoms with Crippen molar-refractivity contribution >= 4 is 10.9 Å². The Balaban J connectivity index is 1.38. The summed E-state index contributed by atoms with van der Waals surface area (Å²) in [6, 6.07) is 12.5. The Hall–Kier alpha value is -1.53. The van der Waals surface area contributed by atoms with Crippen molar-refractivity contribution in [3.63, 3.8) is 0 Å². The van der Waals surface area contributed by atoms with Crippen LogP contribution in [-0.2, 0) is 11.3 Å². The van der Waals surface area contributed by atoms with E-state index >= 15 is 0 Å². The highest BCUT2D eigenvalue weighted by atomic mass is 16.5. The number of aromatic nitrogens is 1. The average molecular weight is 341 g/mol. The molecule has 1 spiro atoms. The number of nitrogens with two attached hydrogens (primary N) is 1. The Morgan fingerprint density at radius 1 is 1.20 bits per heavy atom. The Bertz CT molecular complexity index is 728. The second-order valence-electron chi connectivity index (χ2n) is 7.40. The van der Waals surface area contributed by atoms with Gasteiger partial charge in [0.1, 0.15) is 0 Å². The van der Waals surface area contributed by atoms with Crippen molar-refractivity contribution in [2.75, 3.05) is 26.2 Å². The van der Waals surface area contributed by atoms with Crippen LogP contribution in [0.3, 0.4) is 0 Å². The van der Waals surface area contributed by atoms with Gasteiger partial charge in [-0.1, -0.05) is 24.3 Å². The maximum atomic E-state index is 10.3. The molecule has 2 aromatic rings. The number of ether oxygens (including phenoxy) is 1. The summed E-state index contributed by atoms with van der Waals surface area (Å²) in [6.07, 6.45) is 2.67. The van der Waals surface area contributed by atoms with Crippen molar-refractivity contribution in [1.29, 1.82) is 0 Å². The number of piperidine rings is 1. The molecule has 2 fully saturated rings. The van der Waals surface area contributed by atoms with Gasteiger partial charge >= 0.3 is 0 Å². The maximum Gasteiger partial charge on any atom is 0.0705 e. The van der Waals surface area contributed by atoms with Crippen LogP contribution in [0.5, 0.6) is 0 Å². The first kappa shape index (κ1) is 16.9. The van der Waals surface area contributed by atoms with E-state index in [0.717, 1.165) is 50.1 Å². The number of pyridine rings is 1. The number of hydrogen-bond donors (Lipinski definition) is 2. The first-order chi connectivity index (χ1) is 12.2. The Morgan fingerprint density at radius 3 is 2.76 bits per heavy atom. The molecule has 2 atom stereocenters. The first-order valence-electron chi connectivity index (χ1n) is 9.28. The van der Waals surface area contributed by atoms with E-state index in [1.54, 1.807) is 0 Å². The predicted octanol–water partition coefficient (Wildman–Crippen LogP) is 1.93. The highest BCUT2D eigenvalue weighted by molar-refractivity contribution is 5.78. The fourth-order valence-corrected chi connectivity index (χ4v) is 4.38. The Kier molecular flexibility index (Phi) is 4.73. The molecular weight excluding hydrogens is 314 g/mol. The van der Waals surface area contributed by atoms with Crippen molar-refractivity contribution in [3.8, 4) is 0 Å². The lowest BCUT2D eigenvalue weighted by Gasteiger charge is -2.56. The fourth-order valence-electron chi connectivity index (χ4n) is 4.38. The van der Waals surface area contributed by atoms with Crippen molar-refractivity contribution < 1.29 is 9.84 Å². The predicted molar refractivity (Wildman–Crippen MR) is 98.1 cm³/mol. The number of fused-ring (bicyclic) bond motifs is 1. The van der Waals surface area contributed by atoms with Crippen LogP contribution in [0.25, 0.3) is 10.9 Å². The van der Waals surface area contributed by atoms with Gasteiger partial charge in [-0.3, -0.25) is 9.88 Å². The zero-order valence-electron chi connectivity index (χ0n) is 14.6. The molecule has 1 saturated carbocycles. The van der Waals surface area contributed by atoms with Crippen LogP contribution in [0, 0.1) is 5.41 Å². The summed E-state index contributed by atoms with van der Waals surface area (Å²) in [5.74, 6) is 0. The van der Waals surface area contributed by atoms with Crippen LogP contribution < -0.4 is 5.73 Å². The number of nitrogens with zero attached hydrogens (tertiary/aromatic N) is 2. The van der Waals surface area contributed by atoms with Gasteiger partial charge in [0.05, 0.1) is 30.0 Å². The molecule has 5 heteroatoms. The fraction of sp³-hybridized carbons (Fsp3) is 0.550. The minimum Gasteiger partial charge on any atom is -0.392 e. The molecule has 0 amide bonds. The van der Waals surface area contributed by atoms with Gasteiger partial charge in [0.25, 0.3) is 0 Å². The van der Waals surface area contributed by atoms with E-state index in [2.05, 4.69) is 29.2 Å². The minimum absolute atomic E-state index is 0.0531. The third-order valence-corrected chi connectivity index (χ3v) is 6.01. The first-order valence-corrected chi connectivity index (χ1v) is 9.28. The minimum atomic E-state index is -0.226. The Labute approximate surface area is 148 Å². The molecule has 0 bridgehead atoms. The van der Waals surface area contributed by atoms with Crippen LogP contribution in [0.4, 0.5) is 0 Å². The number of aliphatic hydroxyl groups is 1. The molecule has 3 N–H and O–H groups in total. The number of para-hydroxylation sites is 1. The number of hydrogen-bond acceptors (Lipinski definition) is 5. The van der Waals surface area contributed by atoms with Gasteiger partial charge < -0.3 is 15.6 Å². The van der Waals surface area contributed by atoms with E-state index < -0.39 is 0 Å². The summed E-state index contributed by atoms with van der Waals surface area (Å²) in [5, 5.41) is 11.5. The van der Waals surface area contributed by atoms with E-state index in [0.29, 0.717) is 13.2 Å². The van der Waals surface area contributed by atoms with Crippen LogP contribution in [0.1, 0.15) is 25.0 Å². The number of rotatable bonds is 5. The molecule has 1 aromatic heterocycles. The van der Waals surface area contributed by atoms with Crippen LogP contribution in [-0.4, -0.2) is 53.4 Å². The topological polar surface area (TPSA) is 71.6 Å². The molecule has 1 saturated heterocycles. The lowest BCUT2D eigenvalue weighted by Crippen LogP contribution is -2.62. The zero-order chi connectivity index (χ0) is 17.3. The lowest BCUT2D eigenvalue weighted by atomic mass is 9.58. The third kappa shape index (κ3) is 3.17. The molecule has 5 nitrogen and oxygen atoms in total. The van der Waals surface area contributed by atoms with Gasteiger partial charge in [0.2, 0.25) is 0 Å². The molecule has 2 heterocycles. The standard InChI is InChI=1S/C20H27N3O2/c21-9-12-25-19-13-18(24)20(19)7-10-23(11-8-20)14-16-6-5-15-3-1-2-4-17(15)22-16/h1-6,18-19,24H,7-14,21H2/t18-,19+/m0/s1. The molecule has 1 aliphatic carbocycles. The van der Waals surface area contributed by atoms with E-state index in [1.807, 2.05) is 12.1 Å². The van der Waals surface area contributed by atoms with Gasteiger partial charge in [-0.25, -0.2) is 0 Å². The molecular formula is C20H27N3O2. The van der Waals surface area contributed by atoms with E-state index in [9.17, 15) is 5.11 Å². The largest absolute Gasteiger partial charge is 0.392 e. The summed E-state index contributed by atoms with van der Waals surface area (Å²) in [7, 11) is 0. The average Bonchev–Trinajstić information content (AvgIpc) is 2.65. The summed E-state index contributed by atoms with van der Waals surface area (Å²) in [6.45, 7) is 3.96. The summed E-state index contributed by atoms with van der Waals surface area (Å²) < 4.78 is 5.88. The number of benzene rings is 1. The van der Waals surface area contributed by atoms with Gasteiger partial charge in [-0.15, -0.1) is 0 Å². The van der Waals surface area contributed by atoms with Gasteiger partial charge in [-0.05, 0) is 38.1 Å². The molecule has 25 heavy (non-hydrogen) atoms. The molecule has 134 valence electrons. The third-order valence-electron chi connectivity index (χ3n) is 6.01. The second-order valence-corrected chi connectivity index (χ2v) is 7.40. The number of aliphatic hydroxyl groups excluding tert-OH is 1. The van der Waals surface area contributed by atoms with Gasteiger partial charge in [0.15, 0.2) is 0 Å². The van der Waals surface area contributed by atoms with E-state index in [1.165, 1.54) is 5.39 Å². The highest BCUT2D eigenvalue weighted by Crippen LogP contribution is 2.51. The summed E-state index contributed by atoms with van der Waals surface area (Å²) in [5.41, 5.74) is 7.66. The zero-order valence-corrected chi connectivity index (χ0v) is 14.6. The normalized spacial score (nSPS) is 26.0. The monoisotopic (exact) mass is 341 g/mol. The van der Waals surface area contributed by atoms with Crippen LogP contribution in [0.15, 0.2) is 36.4 Å². The van der Waals surface area contributed by atoms with Crippen molar-refractivity contribution in [2.24, 2.45) is 11.1 Å². The SMILES string of the molecule is NCCO[C@@H]1C[C@H](O)C12CCN(Cc1ccc3ccccc3n1)CC2. The molecule has 4 rings (SSSR count). The van der Waals surface area contributed by atoms with E-state index in [-0.39, 0.29) is 17.6 Å².